The van der Waals surface area contributed by atoms with Gasteiger partial charge >= 0.3 is 0 Å². The zero-order chi connectivity index (χ0) is 9.84. The van der Waals surface area contributed by atoms with Gasteiger partial charge in [0.15, 0.2) is 0 Å². The number of halogens is 2. The normalized spacial score (nSPS) is 10.8. The molecular weight excluding hydrogens is 296 g/mol. The van der Waals surface area contributed by atoms with Crippen LogP contribution in [0.4, 0.5) is 0 Å². The molecule has 0 spiro atoms. The van der Waals surface area contributed by atoms with Crippen molar-refractivity contribution in [3.63, 3.8) is 0 Å². The molecule has 1 rings (SSSR count). The zero-order valence-electron chi connectivity index (χ0n) is 7.72. The molecule has 1 heterocycles. The monoisotopic (exact) mass is 306 g/mol. The van der Waals surface area contributed by atoms with Crippen LogP contribution in [0.25, 0.3) is 0 Å². The summed E-state index contributed by atoms with van der Waals surface area (Å²) in [4.78, 5) is 6.31. The third-order valence-corrected chi connectivity index (χ3v) is 3.29. The lowest BCUT2D eigenvalue weighted by Crippen LogP contribution is -2.17. The molecule has 4 heteroatoms. The molecule has 0 aliphatic rings. The molecule has 0 aliphatic carbocycles. The minimum atomic E-state index is 0.931. The highest BCUT2D eigenvalue weighted by Crippen LogP contribution is 2.24. The molecule has 13 heavy (non-hydrogen) atoms. The molecule has 0 saturated heterocycles. The van der Waals surface area contributed by atoms with Gasteiger partial charge in [0.25, 0.3) is 0 Å². The van der Waals surface area contributed by atoms with E-state index in [9.17, 15) is 0 Å². The summed E-state index contributed by atoms with van der Waals surface area (Å²) >= 11 is 6.97. The van der Waals surface area contributed by atoms with Crippen molar-refractivity contribution in [2.75, 3.05) is 13.6 Å². The standard InChI is InChI=1S/C9H12Br2N2/c1-3-13(2)6-7-8(10)4-12-5-9(7)11/h4-5H,3,6H2,1-2H3. The first-order valence-corrected chi connectivity index (χ1v) is 5.70. The van der Waals surface area contributed by atoms with Crippen molar-refractivity contribution >= 4 is 31.9 Å². The van der Waals surface area contributed by atoms with Crippen molar-refractivity contribution in [3.8, 4) is 0 Å². The first-order chi connectivity index (χ1) is 6.15. The molecule has 0 aliphatic heterocycles. The summed E-state index contributed by atoms with van der Waals surface area (Å²) in [5.74, 6) is 0. The second-order valence-electron chi connectivity index (χ2n) is 2.91. The van der Waals surface area contributed by atoms with E-state index in [1.54, 1.807) is 0 Å². The fourth-order valence-electron chi connectivity index (χ4n) is 0.971. The van der Waals surface area contributed by atoms with Gasteiger partial charge in [0.1, 0.15) is 0 Å². The lowest BCUT2D eigenvalue weighted by molar-refractivity contribution is 0.344. The molecule has 0 saturated carbocycles. The van der Waals surface area contributed by atoms with Crippen molar-refractivity contribution in [3.05, 3.63) is 26.9 Å². The Kier molecular flexibility index (Phi) is 4.35. The van der Waals surface area contributed by atoms with Gasteiger partial charge in [0.2, 0.25) is 0 Å². The fourth-order valence-corrected chi connectivity index (χ4v) is 2.15. The van der Waals surface area contributed by atoms with E-state index in [4.69, 9.17) is 0 Å². The molecule has 0 amide bonds. The zero-order valence-corrected chi connectivity index (χ0v) is 10.9. The van der Waals surface area contributed by atoms with Gasteiger partial charge in [0.05, 0.1) is 0 Å². The van der Waals surface area contributed by atoms with Crippen molar-refractivity contribution in [1.82, 2.24) is 9.88 Å². The number of nitrogens with zero attached hydrogens (tertiary/aromatic N) is 2. The van der Waals surface area contributed by atoms with Crippen LogP contribution in [0.1, 0.15) is 12.5 Å². The highest BCUT2D eigenvalue weighted by Gasteiger charge is 2.06. The maximum absolute atomic E-state index is 4.07. The largest absolute Gasteiger partial charge is 0.302 e. The smallest absolute Gasteiger partial charge is 0.0415 e. The fraction of sp³-hybridized carbons (Fsp3) is 0.444. The van der Waals surface area contributed by atoms with E-state index in [-0.39, 0.29) is 0 Å². The van der Waals surface area contributed by atoms with E-state index < -0.39 is 0 Å². The van der Waals surface area contributed by atoms with E-state index in [0.29, 0.717) is 0 Å². The van der Waals surface area contributed by atoms with Crippen LogP contribution < -0.4 is 0 Å². The van der Waals surface area contributed by atoms with E-state index in [2.05, 4.69) is 55.7 Å². The van der Waals surface area contributed by atoms with Crippen LogP contribution in [0.2, 0.25) is 0 Å². The van der Waals surface area contributed by atoms with Gasteiger partial charge in [-0.2, -0.15) is 0 Å². The third kappa shape index (κ3) is 3.04. The summed E-state index contributed by atoms with van der Waals surface area (Å²) in [6, 6.07) is 0. The van der Waals surface area contributed by atoms with E-state index in [0.717, 1.165) is 22.0 Å². The van der Waals surface area contributed by atoms with E-state index in [1.807, 2.05) is 12.4 Å². The molecule has 0 unspecified atom stereocenters. The maximum Gasteiger partial charge on any atom is 0.0415 e. The molecule has 2 nitrogen and oxygen atoms in total. The SMILES string of the molecule is CCN(C)Cc1c(Br)cncc1Br. The summed E-state index contributed by atoms with van der Waals surface area (Å²) in [6.45, 7) is 4.12. The van der Waals surface area contributed by atoms with Crippen molar-refractivity contribution in [2.45, 2.75) is 13.5 Å². The molecule has 72 valence electrons. The Morgan fingerprint density at radius 2 is 1.85 bits per heavy atom. The van der Waals surface area contributed by atoms with Crippen LogP contribution >= 0.6 is 31.9 Å². The van der Waals surface area contributed by atoms with Gasteiger partial charge in [0, 0.05) is 27.9 Å². The summed E-state index contributed by atoms with van der Waals surface area (Å²) < 4.78 is 2.12. The number of hydrogen-bond donors (Lipinski definition) is 0. The molecule has 0 fully saturated rings. The average Bonchev–Trinajstić information content (AvgIpc) is 2.11. The van der Waals surface area contributed by atoms with Crippen molar-refractivity contribution in [2.24, 2.45) is 0 Å². The molecule has 0 N–H and O–H groups in total. The Morgan fingerprint density at radius 1 is 1.31 bits per heavy atom. The van der Waals surface area contributed by atoms with Crippen molar-refractivity contribution in [1.29, 1.82) is 0 Å². The van der Waals surface area contributed by atoms with Crippen LogP contribution in [0.5, 0.6) is 0 Å². The number of rotatable bonds is 3. The molecule has 0 atom stereocenters. The highest BCUT2D eigenvalue weighted by atomic mass is 79.9. The Hall–Kier alpha value is 0.0700. The molecule has 0 bridgehead atoms. The topological polar surface area (TPSA) is 16.1 Å². The molecule has 1 aromatic rings. The minimum absolute atomic E-state index is 0.931. The Balaban J connectivity index is 2.87. The third-order valence-electron chi connectivity index (χ3n) is 1.92. The lowest BCUT2D eigenvalue weighted by atomic mass is 10.2. The summed E-state index contributed by atoms with van der Waals surface area (Å²) in [5.41, 5.74) is 1.25. The Labute approximate surface area is 95.6 Å². The van der Waals surface area contributed by atoms with Gasteiger partial charge in [-0.25, -0.2) is 0 Å². The highest BCUT2D eigenvalue weighted by molar-refractivity contribution is 9.11. The summed E-state index contributed by atoms with van der Waals surface area (Å²) in [7, 11) is 2.10. The van der Waals surface area contributed by atoms with Crippen LogP contribution in [-0.4, -0.2) is 23.5 Å². The quantitative estimate of drug-likeness (QED) is 0.853. The van der Waals surface area contributed by atoms with Gasteiger partial charge in [-0.1, -0.05) is 6.92 Å². The summed E-state index contributed by atoms with van der Waals surface area (Å²) in [5, 5.41) is 0. The first-order valence-electron chi connectivity index (χ1n) is 4.11. The van der Waals surface area contributed by atoms with Gasteiger partial charge in [-0.15, -0.1) is 0 Å². The molecule has 1 aromatic heterocycles. The first kappa shape index (κ1) is 11.1. The maximum atomic E-state index is 4.07. The average molecular weight is 308 g/mol. The number of hydrogen-bond acceptors (Lipinski definition) is 2. The Morgan fingerprint density at radius 3 is 2.31 bits per heavy atom. The number of pyridine rings is 1. The van der Waals surface area contributed by atoms with Gasteiger partial charge in [-0.3, -0.25) is 4.98 Å². The lowest BCUT2D eigenvalue weighted by Gasteiger charge is -2.15. The molecule has 0 aromatic carbocycles. The predicted molar refractivity (Wildman–Crippen MR) is 61.6 cm³/mol. The van der Waals surface area contributed by atoms with Crippen LogP contribution in [0.15, 0.2) is 21.3 Å². The second kappa shape index (κ2) is 5.08. The van der Waals surface area contributed by atoms with Crippen LogP contribution in [0, 0.1) is 0 Å². The minimum Gasteiger partial charge on any atom is -0.302 e. The van der Waals surface area contributed by atoms with Crippen LogP contribution in [0.3, 0.4) is 0 Å². The predicted octanol–water partition coefficient (Wildman–Crippen LogP) is 3.06. The van der Waals surface area contributed by atoms with Gasteiger partial charge in [-0.05, 0) is 51.0 Å². The van der Waals surface area contributed by atoms with E-state index in [1.165, 1.54) is 5.56 Å². The molecular formula is C9H12Br2N2. The Bertz CT molecular complexity index is 269. The van der Waals surface area contributed by atoms with Crippen molar-refractivity contribution < 1.29 is 0 Å². The van der Waals surface area contributed by atoms with E-state index >= 15 is 0 Å². The second-order valence-corrected chi connectivity index (χ2v) is 4.62. The summed E-state index contributed by atoms with van der Waals surface area (Å²) in [6.07, 6.45) is 3.65. The number of aromatic nitrogens is 1. The van der Waals surface area contributed by atoms with Crippen LogP contribution in [-0.2, 0) is 6.54 Å². The molecule has 0 radical (unpaired) electrons. The van der Waals surface area contributed by atoms with Gasteiger partial charge < -0.3 is 4.90 Å².